The van der Waals surface area contributed by atoms with E-state index in [-0.39, 0.29) is 12.6 Å². The van der Waals surface area contributed by atoms with Gasteiger partial charge in [-0.25, -0.2) is 9.59 Å². The topological polar surface area (TPSA) is 67.9 Å². The number of hydrogen-bond donors (Lipinski definition) is 1. The van der Waals surface area contributed by atoms with Crippen molar-refractivity contribution in [3.63, 3.8) is 0 Å². The Hall–Kier alpha value is -2.08. The number of ether oxygens (including phenoxy) is 2. The molecule has 0 bridgehead atoms. The maximum atomic E-state index is 12.3. The molecule has 1 saturated heterocycles. The van der Waals surface area contributed by atoms with Crippen LogP contribution in [-0.2, 0) is 20.9 Å². The molecule has 6 nitrogen and oxygen atoms in total. The highest BCUT2D eigenvalue weighted by molar-refractivity contribution is 5.81. The van der Waals surface area contributed by atoms with E-state index in [1.807, 2.05) is 37.4 Å². The molecule has 22 heavy (non-hydrogen) atoms. The molecule has 1 heterocycles. The maximum Gasteiger partial charge on any atom is 0.410 e. The molecule has 1 N–H and O–H groups in total. The molecule has 0 saturated carbocycles. The smallest absolute Gasteiger partial charge is 0.410 e. The number of likely N-dealkylation sites (tertiary alicyclic amines) is 1. The van der Waals surface area contributed by atoms with Crippen molar-refractivity contribution in [1.82, 2.24) is 10.2 Å². The third-order valence-electron chi connectivity index (χ3n) is 3.92. The summed E-state index contributed by atoms with van der Waals surface area (Å²) in [5, 5.41) is 3.14. The van der Waals surface area contributed by atoms with E-state index < -0.39 is 18.1 Å². The van der Waals surface area contributed by atoms with Gasteiger partial charge in [-0.2, -0.15) is 0 Å². The van der Waals surface area contributed by atoms with Gasteiger partial charge in [0.05, 0.1) is 7.11 Å². The van der Waals surface area contributed by atoms with Crippen LogP contribution in [0.15, 0.2) is 30.3 Å². The molecular weight excluding hydrogens is 284 g/mol. The normalized spacial score (nSPS) is 21.3. The highest BCUT2D eigenvalue weighted by atomic mass is 16.6. The summed E-state index contributed by atoms with van der Waals surface area (Å²) < 4.78 is 10.1. The molecular formula is C16H22N2O4. The van der Waals surface area contributed by atoms with E-state index in [4.69, 9.17) is 9.47 Å². The van der Waals surface area contributed by atoms with Crippen LogP contribution >= 0.6 is 0 Å². The molecule has 6 heteroatoms. The van der Waals surface area contributed by atoms with E-state index in [1.165, 1.54) is 12.0 Å². The van der Waals surface area contributed by atoms with Gasteiger partial charge in [0.1, 0.15) is 12.6 Å². The number of benzene rings is 1. The third kappa shape index (κ3) is 3.98. The lowest BCUT2D eigenvalue weighted by molar-refractivity contribution is -0.148. The Morgan fingerprint density at radius 1 is 1.32 bits per heavy atom. The summed E-state index contributed by atoms with van der Waals surface area (Å²) in [4.78, 5) is 25.7. The monoisotopic (exact) mass is 306 g/mol. The number of amides is 1. The van der Waals surface area contributed by atoms with E-state index in [0.717, 1.165) is 12.0 Å². The largest absolute Gasteiger partial charge is 0.467 e. The molecule has 1 aliphatic heterocycles. The molecule has 2 unspecified atom stereocenters. The molecule has 1 aliphatic rings. The number of hydrogen-bond acceptors (Lipinski definition) is 5. The van der Waals surface area contributed by atoms with Gasteiger partial charge in [-0.05, 0) is 25.5 Å². The molecule has 1 amide bonds. The van der Waals surface area contributed by atoms with Gasteiger partial charge >= 0.3 is 12.1 Å². The zero-order valence-electron chi connectivity index (χ0n) is 13.0. The molecule has 2 atom stereocenters. The first-order chi connectivity index (χ1) is 10.7. The number of methoxy groups -OCH3 is 1. The highest BCUT2D eigenvalue weighted by Gasteiger charge is 2.37. The molecule has 2 rings (SSSR count). The molecule has 1 aromatic carbocycles. The summed E-state index contributed by atoms with van der Waals surface area (Å²) in [5.41, 5.74) is 0.913. The predicted octanol–water partition coefficient (Wildman–Crippen LogP) is 1.55. The van der Waals surface area contributed by atoms with Crippen LogP contribution in [0.25, 0.3) is 0 Å². The average Bonchev–Trinajstić information content (AvgIpc) is 2.59. The predicted molar refractivity (Wildman–Crippen MR) is 81.2 cm³/mol. The van der Waals surface area contributed by atoms with Gasteiger partial charge in [0.15, 0.2) is 0 Å². The minimum atomic E-state index is -0.598. The zero-order valence-corrected chi connectivity index (χ0v) is 13.0. The standard InChI is InChI=1S/C16H22N2O4/c1-17-13-8-9-18(14(10-13)15(19)21-2)16(20)22-11-12-6-4-3-5-7-12/h3-7,13-14,17H,8-11H2,1-2H3. The SMILES string of the molecule is CNC1CCN(C(=O)OCc2ccccc2)C(C(=O)OC)C1. The van der Waals surface area contributed by atoms with Crippen molar-refractivity contribution in [2.75, 3.05) is 20.7 Å². The van der Waals surface area contributed by atoms with Gasteiger partial charge in [-0.15, -0.1) is 0 Å². The molecule has 1 fully saturated rings. The second-order valence-corrected chi connectivity index (χ2v) is 5.28. The molecule has 1 aromatic rings. The Morgan fingerprint density at radius 2 is 2.05 bits per heavy atom. The van der Waals surface area contributed by atoms with Gasteiger partial charge in [-0.3, -0.25) is 4.90 Å². The van der Waals surface area contributed by atoms with Crippen LogP contribution in [0.2, 0.25) is 0 Å². The van der Waals surface area contributed by atoms with Crippen LogP contribution in [0.3, 0.4) is 0 Å². The fraction of sp³-hybridized carbons (Fsp3) is 0.500. The van der Waals surface area contributed by atoms with Crippen LogP contribution in [0, 0.1) is 0 Å². The van der Waals surface area contributed by atoms with Crippen LogP contribution in [0.1, 0.15) is 18.4 Å². The minimum absolute atomic E-state index is 0.194. The number of carbonyl (C=O) groups excluding carboxylic acids is 2. The summed E-state index contributed by atoms with van der Waals surface area (Å²) in [7, 11) is 3.18. The van der Waals surface area contributed by atoms with Gasteiger partial charge in [0.25, 0.3) is 0 Å². The van der Waals surface area contributed by atoms with Crippen molar-refractivity contribution in [2.24, 2.45) is 0 Å². The number of piperidine rings is 1. The maximum absolute atomic E-state index is 12.3. The van der Waals surface area contributed by atoms with Crippen LogP contribution < -0.4 is 5.32 Å². The van der Waals surface area contributed by atoms with Crippen molar-refractivity contribution >= 4 is 12.1 Å². The summed E-state index contributed by atoms with van der Waals surface area (Å²) in [6.07, 6.45) is 0.836. The number of nitrogens with one attached hydrogen (secondary N) is 1. The highest BCUT2D eigenvalue weighted by Crippen LogP contribution is 2.20. The fourth-order valence-electron chi connectivity index (χ4n) is 2.61. The number of nitrogens with zero attached hydrogens (tertiary/aromatic N) is 1. The molecule has 0 radical (unpaired) electrons. The van der Waals surface area contributed by atoms with E-state index in [2.05, 4.69) is 5.32 Å². The Labute approximate surface area is 130 Å². The number of esters is 1. The fourth-order valence-corrected chi connectivity index (χ4v) is 2.61. The van der Waals surface area contributed by atoms with Crippen molar-refractivity contribution in [1.29, 1.82) is 0 Å². The average molecular weight is 306 g/mol. The Balaban J connectivity index is 1.98. The van der Waals surface area contributed by atoms with E-state index >= 15 is 0 Å². The van der Waals surface area contributed by atoms with Crippen molar-refractivity contribution in [3.8, 4) is 0 Å². The lowest BCUT2D eigenvalue weighted by atomic mass is 9.98. The first-order valence-corrected chi connectivity index (χ1v) is 7.38. The summed E-state index contributed by atoms with van der Waals surface area (Å²) in [6.45, 7) is 0.665. The zero-order chi connectivity index (χ0) is 15.9. The quantitative estimate of drug-likeness (QED) is 0.855. The summed E-state index contributed by atoms with van der Waals surface area (Å²) in [5.74, 6) is -0.406. The lowest BCUT2D eigenvalue weighted by Gasteiger charge is -2.36. The van der Waals surface area contributed by atoms with Gasteiger partial charge in [-0.1, -0.05) is 30.3 Å². The van der Waals surface area contributed by atoms with Crippen LogP contribution in [-0.4, -0.2) is 49.7 Å². The second-order valence-electron chi connectivity index (χ2n) is 5.28. The lowest BCUT2D eigenvalue weighted by Crippen LogP contribution is -2.54. The van der Waals surface area contributed by atoms with Crippen molar-refractivity contribution in [3.05, 3.63) is 35.9 Å². The van der Waals surface area contributed by atoms with E-state index in [0.29, 0.717) is 13.0 Å². The van der Waals surface area contributed by atoms with Crippen molar-refractivity contribution < 1.29 is 19.1 Å². The van der Waals surface area contributed by atoms with Gasteiger partial charge in [0.2, 0.25) is 0 Å². The molecule has 0 spiro atoms. The first kappa shape index (κ1) is 16.3. The van der Waals surface area contributed by atoms with Crippen LogP contribution in [0.5, 0.6) is 0 Å². The summed E-state index contributed by atoms with van der Waals surface area (Å²) >= 11 is 0. The van der Waals surface area contributed by atoms with Gasteiger partial charge in [0, 0.05) is 12.6 Å². The van der Waals surface area contributed by atoms with Crippen LogP contribution in [0.4, 0.5) is 4.79 Å². The second kappa shape index (κ2) is 7.79. The van der Waals surface area contributed by atoms with E-state index in [9.17, 15) is 9.59 Å². The number of rotatable bonds is 4. The Kier molecular flexibility index (Phi) is 5.77. The van der Waals surface area contributed by atoms with E-state index in [1.54, 1.807) is 0 Å². The first-order valence-electron chi connectivity index (χ1n) is 7.38. The summed E-state index contributed by atoms with van der Waals surface area (Å²) in [6, 6.07) is 9.05. The number of carbonyl (C=O) groups is 2. The van der Waals surface area contributed by atoms with Crippen molar-refractivity contribution in [2.45, 2.75) is 31.5 Å². The third-order valence-corrected chi connectivity index (χ3v) is 3.92. The Morgan fingerprint density at radius 3 is 2.68 bits per heavy atom. The Bertz CT molecular complexity index is 506. The minimum Gasteiger partial charge on any atom is -0.467 e. The molecule has 120 valence electrons. The molecule has 0 aliphatic carbocycles. The molecule has 0 aromatic heterocycles. The van der Waals surface area contributed by atoms with Gasteiger partial charge < -0.3 is 14.8 Å².